The van der Waals surface area contributed by atoms with Crippen molar-refractivity contribution >= 4 is 11.5 Å². The maximum atomic E-state index is 5.23. The second kappa shape index (κ2) is 4.70. The second-order valence-electron chi connectivity index (χ2n) is 3.73. The van der Waals surface area contributed by atoms with Crippen LogP contribution in [-0.2, 0) is 6.54 Å². The van der Waals surface area contributed by atoms with Crippen LogP contribution in [0.1, 0.15) is 5.76 Å². The summed E-state index contributed by atoms with van der Waals surface area (Å²) < 4.78 is 5.23. The number of rotatable bonds is 4. The average Bonchev–Trinajstić information content (AvgIpc) is 2.79. The lowest BCUT2D eigenvalue weighted by Gasteiger charge is -2.13. The van der Waals surface area contributed by atoms with Gasteiger partial charge in [0.2, 0.25) is 0 Å². The van der Waals surface area contributed by atoms with Crippen LogP contribution >= 0.6 is 0 Å². The van der Waals surface area contributed by atoms with Gasteiger partial charge in [0.1, 0.15) is 11.6 Å². The van der Waals surface area contributed by atoms with Crippen LogP contribution in [0.25, 0.3) is 0 Å². The van der Waals surface area contributed by atoms with Crippen LogP contribution in [-0.4, -0.2) is 19.1 Å². The van der Waals surface area contributed by atoms with E-state index in [0.29, 0.717) is 6.54 Å². The van der Waals surface area contributed by atoms with Gasteiger partial charge in [-0.3, -0.25) is 0 Å². The molecule has 0 radical (unpaired) electrons. The molecule has 4 heteroatoms. The van der Waals surface area contributed by atoms with Crippen molar-refractivity contribution in [1.29, 1.82) is 0 Å². The first-order valence-electron chi connectivity index (χ1n) is 5.15. The Labute approximate surface area is 94.9 Å². The Morgan fingerprint density at radius 2 is 2.25 bits per heavy atom. The van der Waals surface area contributed by atoms with Crippen LogP contribution in [0.3, 0.4) is 0 Å². The molecule has 2 rings (SSSR count). The average molecular weight is 217 g/mol. The van der Waals surface area contributed by atoms with Crippen LogP contribution in [0, 0.1) is 0 Å². The molecule has 0 aliphatic rings. The lowest BCUT2D eigenvalue weighted by Crippen LogP contribution is -2.09. The van der Waals surface area contributed by atoms with Crippen molar-refractivity contribution in [3.05, 3.63) is 42.5 Å². The minimum Gasteiger partial charge on any atom is -0.467 e. The molecule has 4 nitrogen and oxygen atoms in total. The van der Waals surface area contributed by atoms with Gasteiger partial charge in [-0.1, -0.05) is 0 Å². The molecule has 2 aromatic heterocycles. The van der Waals surface area contributed by atoms with Gasteiger partial charge in [0.05, 0.1) is 12.8 Å². The second-order valence-corrected chi connectivity index (χ2v) is 3.73. The number of anilines is 2. The number of nitrogens with one attached hydrogen (secondary N) is 1. The summed E-state index contributed by atoms with van der Waals surface area (Å²) in [5.74, 6) is 1.75. The molecule has 0 aliphatic carbocycles. The van der Waals surface area contributed by atoms with Crippen LogP contribution in [0.2, 0.25) is 0 Å². The summed E-state index contributed by atoms with van der Waals surface area (Å²) in [6.45, 7) is 0.650. The lowest BCUT2D eigenvalue weighted by molar-refractivity contribution is 0.518. The first-order valence-corrected chi connectivity index (χ1v) is 5.15. The molecule has 0 saturated heterocycles. The number of furan rings is 1. The van der Waals surface area contributed by atoms with E-state index >= 15 is 0 Å². The summed E-state index contributed by atoms with van der Waals surface area (Å²) in [6, 6.07) is 7.78. The van der Waals surface area contributed by atoms with Gasteiger partial charge in [0.15, 0.2) is 0 Å². The monoisotopic (exact) mass is 217 g/mol. The predicted molar refractivity (Wildman–Crippen MR) is 64.6 cm³/mol. The number of pyridine rings is 1. The van der Waals surface area contributed by atoms with Crippen molar-refractivity contribution in [3.63, 3.8) is 0 Å². The highest BCUT2D eigenvalue weighted by Crippen LogP contribution is 2.15. The van der Waals surface area contributed by atoms with Crippen molar-refractivity contribution in [3.8, 4) is 0 Å². The Bertz CT molecular complexity index is 437. The Balaban J connectivity index is 2.01. The summed E-state index contributed by atoms with van der Waals surface area (Å²) in [7, 11) is 4.01. The van der Waals surface area contributed by atoms with E-state index in [1.54, 1.807) is 12.5 Å². The lowest BCUT2D eigenvalue weighted by atomic mass is 10.3. The van der Waals surface area contributed by atoms with Gasteiger partial charge in [-0.2, -0.15) is 0 Å². The van der Waals surface area contributed by atoms with Crippen LogP contribution < -0.4 is 10.2 Å². The van der Waals surface area contributed by atoms with Gasteiger partial charge in [-0.25, -0.2) is 4.98 Å². The van der Waals surface area contributed by atoms with Crippen molar-refractivity contribution in [2.75, 3.05) is 24.3 Å². The van der Waals surface area contributed by atoms with E-state index in [-0.39, 0.29) is 0 Å². The standard InChI is InChI=1S/C12H15N3O/c1-15(2)10-5-6-13-12(8-10)14-9-11-4-3-7-16-11/h3-8H,9H2,1-2H3,(H,13,14). The minimum absolute atomic E-state index is 0.650. The first kappa shape index (κ1) is 10.5. The predicted octanol–water partition coefficient (Wildman–Crippen LogP) is 2.35. The van der Waals surface area contributed by atoms with Crippen molar-refractivity contribution in [2.45, 2.75) is 6.54 Å². The van der Waals surface area contributed by atoms with Gasteiger partial charge in [0, 0.05) is 32.0 Å². The van der Waals surface area contributed by atoms with E-state index in [1.165, 1.54) is 0 Å². The van der Waals surface area contributed by atoms with Gasteiger partial charge < -0.3 is 14.6 Å². The molecule has 0 aliphatic heterocycles. The molecule has 84 valence electrons. The Kier molecular flexibility index (Phi) is 3.10. The molecule has 16 heavy (non-hydrogen) atoms. The SMILES string of the molecule is CN(C)c1ccnc(NCc2ccco2)c1. The third kappa shape index (κ3) is 2.53. The fourth-order valence-electron chi connectivity index (χ4n) is 1.39. The molecular formula is C12H15N3O. The number of aromatic nitrogens is 1. The van der Waals surface area contributed by atoms with Crippen molar-refractivity contribution in [2.24, 2.45) is 0 Å². The zero-order valence-electron chi connectivity index (χ0n) is 9.47. The van der Waals surface area contributed by atoms with Crippen molar-refractivity contribution < 1.29 is 4.42 Å². The highest BCUT2D eigenvalue weighted by molar-refractivity contribution is 5.52. The zero-order valence-corrected chi connectivity index (χ0v) is 9.47. The summed E-state index contributed by atoms with van der Waals surface area (Å²) >= 11 is 0. The van der Waals surface area contributed by atoms with E-state index < -0.39 is 0 Å². The molecule has 0 atom stereocenters. The first-order chi connectivity index (χ1) is 7.75. The molecule has 0 spiro atoms. The van der Waals surface area contributed by atoms with Gasteiger partial charge >= 0.3 is 0 Å². The third-order valence-corrected chi connectivity index (χ3v) is 2.28. The highest BCUT2D eigenvalue weighted by atomic mass is 16.3. The Morgan fingerprint density at radius 3 is 2.94 bits per heavy atom. The smallest absolute Gasteiger partial charge is 0.128 e. The molecular weight excluding hydrogens is 202 g/mol. The van der Waals surface area contributed by atoms with Crippen LogP contribution in [0.5, 0.6) is 0 Å². The molecule has 0 aromatic carbocycles. The highest BCUT2D eigenvalue weighted by Gasteiger charge is 2.00. The maximum Gasteiger partial charge on any atom is 0.128 e. The summed E-state index contributed by atoms with van der Waals surface area (Å²) in [4.78, 5) is 6.28. The van der Waals surface area contributed by atoms with E-state index in [9.17, 15) is 0 Å². The summed E-state index contributed by atoms with van der Waals surface area (Å²) in [5.41, 5.74) is 1.12. The summed E-state index contributed by atoms with van der Waals surface area (Å²) in [6.07, 6.45) is 3.46. The van der Waals surface area contributed by atoms with E-state index in [1.807, 2.05) is 43.3 Å². The molecule has 1 N–H and O–H groups in total. The molecule has 0 bridgehead atoms. The van der Waals surface area contributed by atoms with E-state index in [0.717, 1.165) is 17.3 Å². The molecule has 0 amide bonds. The Hall–Kier alpha value is -1.97. The topological polar surface area (TPSA) is 41.3 Å². The Morgan fingerprint density at radius 1 is 1.38 bits per heavy atom. The van der Waals surface area contributed by atoms with Crippen LogP contribution in [0.4, 0.5) is 11.5 Å². The third-order valence-electron chi connectivity index (χ3n) is 2.28. The zero-order chi connectivity index (χ0) is 11.4. The van der Waals surface area contributed by atoms with E-state index in [4.69, 9.17) is 4.42 Å². The van der Waals surface area contributed by atoms with E-state index in [2.05, 4.69) is 10.3 Å². The van der Waals surface area contributed by atoms with Gasteiger partial charge in [-0.05, 0) is 18.2 Å². The molecule has 0 saturated carbocycles. The van der Waals surface area contributed by atoms with Crippen LogP contribution in [0.15, 0.2) is 41.1 Å². The fourth-order valence-corrected chi connectivity index (χ4v) is 1.39. The molecule has 0 unspecified atom stereocenters. The van der Waals surface area contributed by atoms with Crippen molar-refractivity contribution in [1.82, 2.24) is 4.98 Å². The number of hydrogen-bond acceptors (Lipinski definition) is 4. The maximum absolute atomic E-state index is 5.23. The molecule has 2 aromatic rings. The number of hydrogen-bond donors (Lipinski definition) is 1. The summed E-state index contributed by atoms with van der Waals surface area (Å²) in [5, 5.41) is 3.21. The largest absolute Gasteiger partial charge is 0.467 e. The minimum atomic E-state index is 0.650. The van der Waals surface area contributed by atoms with Gasteiger partial charge in [0.25, 0.3) is 0 Å². The number of nitrogens with zero attached hydrogens (tertiary/aromatic N) is 2. The molecule has 0 fully saturated rings. The normalized spacial score (nSPS) is 10.1. The molecule has 2 heterocycles. The quantitative estimate of drug-likeness (QED) is 0.853. The van der Waals surface area contributed by atoms with Gasteiger partial charge in [-0.15, -0.1) is 0 Å². The fraction of sp³-hybridized carbons (Fsp3) is 0.250.